The molecule has 1 aromatic carbocycles. The molecule has 3 aromatic rings. The van der Waals surface area contributed by atoms with Gasteiger partial charge in [0, 0.05) is 36.3 Å². The van der Waals surface area contributed by atoms with E-state index in [4.69, 9.17) is 4.74 Å². The fourth-order valence-corrected chi connectivity index (χ4v) is 2.24. The van der Waals surface area contributed by atoms with E-state index in [9.17, 15) is 13.6 Å². The first-order valence-corrected chi connectivity index (χ1v) is 7.85. The molecule has 1 N–H and O–H groups in total. The van der Waals surface area contributed by atoms with Crippen LogP contribution in [0.15, 0.2) is 60.9 Å². The maximum Gasteiger partial charge on any atom is 0.226 e. The molecule has 0 aliphatic heterocycles. The number of amides is 1. The average Bonchev–Trinajstić information content (AvgIpc) is 2.64. The van der Waals surface area contributed by atoms with Gasteiger partial charge in [0.25, 0.3) is 0 Å². The molecule has 2 heterocycles. The summed E-state index contributed by atoms with van der Waals surface area (Å²) in [6, 6.07) is 11.7. The Morgan fingerprint density at radius 2 is 1.88 bits per heavy atom. The summed E-state index contributed by atoms with van der Waals surface area (Å²) in [5.41, 5.74) is 1.21. The van der Waals surface area contributed by atoms with Gasteiger partial charge in [-0.05, 0) is 30.3 Å². The Morgan fingerprint density at radius 1 is 1.04 bits per heavy atom. The molecule has 0 aliphatic rings. The maximum absolute atomic E-state index is 13.8. The van der Waals surface area contributed by atoms with Crippen LogP contribution >= 0.6 is 0 Å². The SMILES string of the molecule is O=C(Cc1ccccn1)NCc1cccnc1Oc1ccc(F)cc1F. The third-order valence-electron chi connectivity index (χ3n) is 3.49. The molecule has 0 atom stereocenters. The van der Waals surface area contributed by atoms with Crippen LogP contribution in [-0.2, 0) is 17.8 Å². The second-order valence-electron chi connectivity index (χ2n) is 5.42. The van der Waals surface area contributed by atoms with E-state index in [2.05, 4.69) is 15.3 Å². The number of nitrogens with one attached hydrogen (secondary N) is 1. The molecule has 1 amide bonds. The standard InChI is InChI=1S/C19H15F2N3O2/c20-14-6-7-17(16(21)10-14)26-19-13(4-3-9-23-19)12-24-18(25)11-15-5-1-2-8-22-15/h1-10H,11-12H2,(H,24,25). The number of rotatable bonds is 6. The predicted octanol–water partition coefficient (Wildman–Crippen LogP) is 3.41. The Labute approximate surface area is 148 Å². The van der Waals surface area contributed by atoms with E-state index in [1.54, 1.807) is 36.5 Å². The molecule has 0 fully saturated rings. The van der Waals surface area contributed by atoms with Crippen LogP contribution in [0.4, 0.5) is 8.78 Å². The number of aromatic nitrogens is 2. The van der Waals surface area contributed by atoms with E-state index < -0.39 is 11.6 Å². The minimum atomic E-state index is -0.833. The summed E-state index contributed by atoms with van der Waals surface area (Å²) in [4.78, 5) is 20.2. The molecule has 7 heteroatoms. The normalized spacial score (nSPS) is 10.4. The molecule has 0 saturated heterocycles. The zero-order valence-corrected chi connectivity index (χ0v) is 13.7. The minimum Gasteiger partial charge on any atom is -0.436 e. The van der Waals surface area contributed by atoms with E-state index in [0.29, 0.717) is 11.3 Å². The van der Waals surface area contributed by atoms with Crippen LogP contribution in [0, 0.1) is 11.6 Å². The fourth-order valence-electron chi connectivity index (χ4n) is 2.24. The molecular weight excluding hydrogens is 340 g/mol. The van der Waals surface area contributed by atoms with Crippen molar-refractivity contribution in [2.75, 3.05) is 0 Å². The number of nitrogens with zero attached hydrogens (tertiary/aromatic N) is 2. The van der Waals surface area contributed by atoms with Crippen molar-refractivity contribution in [2.45, 2.75) is 13.0 Å². The van der Waals surface area contributed by atoms with Crippen LogP contribution in [0.1, 0.15) is 11.3 Å². The van der Waals surface area contributed by atoms with Crippen LogP contribution < -0.4 is 10.1 Å². The number of hydrogen-bond donors (Lipinski definition) is 1. The number of benzene rings is 1. The van der Waals surface area contributed by atoms with E-state index in [1.165, 1.54) is 12.3 Å². The number of carbonyl (C=O) groups excluding carboxylic acids is 1. The molecule has 132 valence electrons. The first kappa shape index (κ1) is 17.5. The van der Waals surface area contributed by atoms with Crippen molar-refractivity contribution < 1.29 is 18.3 Å². The fraction of sp³-hybridized carbons (Fsp3) is 0.105. The Morgan fingerprint density at radius 3 is 2.65 bits per heavy atom. The second-order valence-corrected chi connectivity index (χ2v) is 5.42. The van der Waals surface area contributed by atoms with Crippen LogP contribution in [0.25, 0.3) is 0 Å². The summed E-state index contributed by atoms with van der Waals surface area (Å²) in [6.07, 6.45) is 3.24. The van der Waals surface area contributed by atoms with Gasteiger partial charge in [0.05, 0.1) is 6.42 Å². The van der Waals surface area contributed by atoms with Crippen molar-refractivity contribution in [3.05, 3.63) is 83.8 Å². The van der Waals surface area contributed by atoms with Gasteiger partial charge >= 0.3 is 0 Å². The van der Waals surface area contributed by atoms with Gasteiger partial charge in [-0.25, -0.2) is 13.8 Å². The molecule has 0 saturated carbocycles. The quantitative estimate of drug-likeness (QED) is 0.736. The van der Waals surface area contributed by atoms with Crippen LogP contribution in [0.3, 0.4) is 0 Å². The molecule has 0 radical (unpaired) electrons. The lowest BCUT2D eigenvalue weighted by atomic mass is 10.2. The summed E-state index contributed by atoms with van der Waals surface area (Å²) in [7, 11) is 0. The molecule has 3 rings (SSSR count). The van der Waals surface area contributed by atoms with Gasteiger partial charge in [-0.3, -0.25) is 9.78 Å². The minimum absolute atomic E-state index is 0.135. The number of hydrogen-bond acceptors (Lipinski definition) is 4. The average molecular weight is 355 g/mol. The summed E-state index contributed by atoms with van der Waals surface area (Å²) in [5, 5.41) is 2.74. The summed E-state index contributed by atoms with van der Waals surface area (Å²) >= 11 is 0. The van der Waals surface area contributed by atoms with Crippen molar-refractivity contribution in [2.24, 2.45) is 0 Å². The van der Waals surface area contributed by atoms with E-state index in [1.807, 2.05) is 0 Å². The van der Waals surface area contributed by atoms with Crippen molar-refractivity contribution in [1.29, 1.82) is 0 Å². The second kappa shape index (κ2) is 8.15. The molecule has 26 heavy (non-hydrogen) atoms. The Balaban J connectivity index is 1.66. The maximum atomic E-state index is 13.8. The Kier molecular flexibility index (Phi) is 5.48. The lowest BCUT2D eigenvalue weighted by molar-refractivity contribution is -0.120. The topological polar surface area (TPSA) is 64.1 Å². The monoisotopic (exact) mass is 355 g/mol. The highest BCUT2D eigenvalue weighted by Gasteiger charge is 2.12. The van der Waals surface area contributed by atoms with E-state index in [0.717, 1.165) is 12.1 Å². The third kappa shape index (κ3) is 4.60. The smallest absolute Gasteiger partial charge is 0.226 e. The zero-order valence-electron chi connectivity index (χ0n) is 13.7. The van der Waals surface area contributed by atoms with Crippen molar-refractivity contribution in [1.82, 2.24) is 15.3 Å². The molecule has 0 unspecified atom stereocenters. The summed E-state index contributed by atoms with van der Waals surface area (Å²) in [5.74, 6) is -1.76. The summed E-state index contributed by atoms with van der Waals surface area (Å²) < 4.78 is 32.2. The molecule has 2 aromatic heterocycles. The van der Waals surface area contributed by atoms with E-state index in [-0.39, 0.29) is 30.5 Å². The largest absolute Gasteiger partial charge is 0.436 e. The molecule has 0 aliphatic carbocycles. The highest BCUT2D eigenvalue weighted by atomic mass is 19.1. The molecule has 0 bridgehead atoms. The van der Waals surface area contributed by atoms with Gasteiger partial charge in [-0.1, -0.05) is 12.1 Å². The number of ether oxygens (including phenoxy) is 1. The van der Waals surface area contributed by atoms with Gasteiger partial charge in [0.1, 0.15) is 5.82 Å². The van der Waals surface area contributed by atoms with Crippen LogP contribution in [-0.4, -0.2) is 15.9 Å². The van der Waals surface area contributed by atoms with Crippen molar-refractivity contribution in [3.8, 4) is 11.6 Å². The molecular formula is C19H15F2N3O2. The first-order valence-electron chi connectivity index (χ1n) is 7.85. The predicted molar refractivity (Wildman–Crippen MR) is 90.5 cm³/mol. The van der Waals surface area contributed by atoms with Gasteiger partial charge in [-0.2, -0.15) is 0 Å². The van der Waals surface area contributed by atoms with Gasteiger partial charge in [0.2, 0.25) is 11.8 Å². The summed E-state index contributed by atoms with van der Waals surface area (Å²) in [6.45, 7) is 0.150. The van der Waals surface area contributed by atoms with Gasteiger partial charge in [-0.15, -0.1) is 0 Å². The van der Waals surface area contributed by atoms with Gasteiger partial charge in [0.15, 0.2) is 11.6 Å². The zero-order chi connectivity index (χ0) is 18.4. The van der Waals surface area contributed by atoms with Crippen LogP contribution in [0.5, 0.6) is 11.6 Å². The highest BCUT2D eigenvalue weighted by molar-refractivity contribution is 5.78. The number of pyridine rings is 2. The number of carbonyl (C=O) groups is 1. The van der Waals surface area contributed by atoms with Crippen molar-refractivity contribution >= 4 is 5.91 Å². The third-order valence-corrected chi connectivity index (χ3v) is 3.49. The molecule has 5 nitrogen and oxygen atoms in total. The Bertz CT molecular complexity index is 904. The van der Waals surface area contributed by atoms with Crippen molar-refractivity contribution in [3.63, 3.8) is 0 Å². The van der Waals surface area contributed by atoms with Crippen LogP contribution in [0.2, 0.25) is 0 Å². The highest BCUT2D eigenvalue weighted by Crippen LogP contribution is 2.25. The van der Waals surface area contributed by atoms with E-state index >= 15 is 0 Å². The Hall–Kier alpha value is -3.35. The lowest BCUT2D eigenvalue weighted by Crippen LogP contribution is -2.25. The number of halogens is 2. The lowest BCUT2D eigenvalue weighted by Gasteiger charge is -2.11. The molecule has 0 spiro atoms. The first-order chi connectivity index (χ1) is 12.6. The van der Waals surface area contributed by atoms with Gasteiger partial charge < -0.3 is 10.1 Å².